The molecule has 4 aromatic rings. The second kappa shape index (κ2) is 8.49. The fourth-order valence-electron chi connectivity index (χ4n) is 3.79. The quantitative estimate of drug-likeness (QED) is 0.262. The summed E-state index contributed by atoms with van der Waals surface area (Å²) < 4.78 is 7.05. The molecule has 2 aromatic carbocycles. The maximum atomic E-state index is 5.81. The Morgan fingerprint density at radius 1 is 1.11 bits per heavy atom. The Kier molecular flexibility index (Phi) is 5.82. The van der Waals surface area contributed by atoms with Gasteiger partial charge in [0.05, 0.1) is 12.3 Å². The summed E-state index contributed by atoms with van der Waals surface area (Å²) in [6.07, 6.45) is 4.93. The van der Waals surface area contributed by atoms with Gasteiger partial charge in [0.25, 0.3) is 0 Å². The number of aromatic nitrogens is 2. The number of hydrogen-bond donors (Lipinski definition) is 2. The first-order valence-electron chi connectivity index (χ1n) is 9.74. The highest BCUT2D eigenvalue weighted by molar-refractivity contribution is 14.1. The Labute approximate surface area is 178 Å². The Morgan fingerprint density at radius 2 is 2.00 bits per heavy atom. The van der Waals surface area contributed by atoms with E-state index in [1.807, 2.05) is 25.3 Å². The van der Waals surface area contributed by atoms with Crippen molar-refractivity contribution in [3.63, 3.8) is 0 Å². The molecular weight excluding hydrogens is 461 g/mol. The molecule has 28 heavy (non-hydrogen) atoms. The van der Waals surface area contributed by atoms with Crippen LogP contribution in [-0.2, 0) is 6.42 Å². The Bertz CT molecular complexity index is 1120. The van der Waals surface area contributed by atoms with Crippen molar-refractivity contribution in [2.24, 2.45) is 5.73 Å². The summed E-state index contributed by atoms with van der Waals surface area (Å²) >= 11 is 2.38. The van der Waals surface area contributed by atoms with Crippen LogP contribution in [-0.4, -0.2) is 23.1 Å². The van der Waals surface area contributed by atoms with Crippen LogP contribution >= 0.6 is 22.6 Å². The van der Waals surface area contributed by atoms with Gasteiger partial charge >= 0.3 is 0 Å². The molecule has 2 aromatic heterocycles. The van der Waals surface area contributed by atoms with Crippen molar-refractivity contribution in [1.82, 2.24) is 9.97 Å². The third-order valence-electron chi connectivity index (χ3n) is 5.05. The molecule has 0 bridgehead atoms. The van der Waals surface area contributed by atoms with Gasteiger partial charge in [0.2, 0.25) is 0 Å². The summed E-state index contributed by atoms with van der Waals surface area (Å²) in [6, 6.07) is 14.9. The number of aryl methyl sites for hydroxylation is 1. The number of ether oxygens (including phenoxy) is 1. The van der Waals surface area contributed by atoms with E-state index >= 15 is 0 Å². The number of fused-ring (bicyclic) bond motifs is 2. The van der Waals surface area contributed by atoms with Gasteiger partial charge in [0.1, 0.15) is 11.3 Å². The van der Waals surface area contributed by atoms with E-state index in [0.29, 0.717) is 6.61 Å². The maximum Gasteiger partial charge on any atom is 0.145 e. The minimum absolute atomic E-state index is 0.625. The van der Waals surface area contributed by atoms with Crippen molar-refractivity contribution in [1.29, 1.82) is 0 Å². The van der Waals surface area contributed by atoms with E-state index < -0.39 is 0 Å². The number of H-pyrrole nitrogens is 1. The second-order valence-corrected chi connectivity index (χ2v) is 8.10. The molecule has 0 aliphatic carbocycles. The summed E-state index contributed by atoms with van der Waals surface area (Å²) in [4.78, 5) is 8.28. The van der Waals surface area contributed by atoms with E-state index in [-0.39, 0.29) is 0 Å². The molecule has 3 N–H and O–H groups in total. The molecule has 0 aliphatic rings. The van der Waals surface area contributed by atoms with Crippen molar-refractivity contribution < 1.29 is 4.74 Å². The van der Waals surface area contributed by atoms with Gasteiger partial charge in [0, 0.05) is 31.6 Å². The summed E-state index contributed by atoms with van der Waals surface area (Å²) in [5.74, 6) is 0.831. The van der Waals surface area contributed by atoms with Crippen LogP contribution in [0.5, 0.6) is 5.75 Å². The van der Waals surface area contributed by atoms with Crippen LogP contribution in [0.1, 0.15) is 25.3 Å². The van der Waals surface area contributed by atoms with Crippen LogP contribution in [0.25, 0.3) is 33.1 Å². The highest BCUT2D eigenvalue weighted by Crippen LogP contribution is 2.38. The van der Waals surface area contributed by atoms with Crippen molar-refractivity contribution in [2.45, 2.75) is 26.2 Å². The Morgan fingerprint density at radius 3 is 2.82 bits per heavy atom. The average molecular weight is 485 g/mol. The van der Waals surface area contributed by atoms with Gasteiger partial charge in [-0.1, -0.05) is 6.07 Å². The van der Waals surface area contributed by atoms with Crippen molar-refractivity contribution in [3.05, 3.63) is 57.8 Å². The largest absolute Gasteiger partial charge is 0.492 e. The maximum absolute atomic E-state index is 5.81. The molecule has 0 spiro atoms. The van der Waals surface area contributed by atoms with Crippen LogP contribution < -0.4 is 10.5 Å². The lowest BCUT2D eigenvalue weighted by Gasteiger charge is -2.12. The standard InChI is InChI=1S/C23H24IN3O/c1-2-28-21-11-9-18(16-7-5-13-26-23(16)21)22-17(6-3-4-12-25)19-14-15(24)8-10-20(19)27-22/h5,7-11,13-14,27H,2-4,6,12,25H2,1H3. The van der Waals surface area contributed by atoms with E-state index in [1.165, 1.54) is 31.3 Å². The van der Waals surface area contributed by atoms with Gasteiger partial charge in [0.15, 0.2) is 0 Å². The molecule has 0 atom stereocenters. The molecule has 144 valence electrons. The van der Waals surface area contributed by atoms with Gasteiger partial charge in [-0.05, 0) is 97.3 Å². The zero-order chi connectivity index (χ0) is 19.5. The average Bonchev–Trinajstić information content (AvgIpc) is 3.06. The van der Waals surface area contributed by atoms with Crippen molar-refractivity contribution in [2.75, 3.05) is 13.2 Å². The fourth-order valence-corrected chi connectivity index (χ4v) is 4.28. The molecule has 0 saturated carbocycles. The number of nitrogens with one attached hydrogen (secondary N) is 1. The number of pyridine rings is 1. The van der Waals surface area contributed by atoms with Crippen molar-refractivity contribution in [3.8, 4) is 17.0 Å². The smallest absolute Gasteiger partial charge is 0.145 e. The third kappa shape index (κ3) is 3.61. The van der Waals surface area contributed by atoms with Crippen LogP contribution in [0.15, 0.2) is 48.7 Å². The third-order valence-corrected chi connectivity index (χ3v) is 5.72. The summed E-state index contributed by atoms with van der Waals surface area (Å²) in [5, 5.41) is 2.40. The fraction of sp³-hybridized carbons (Fsp3) is 0.261. The predicted octanol–water partition coefficient (Wildman–Crippen LogP) is 5.67. The van der Waals surface area contributed by atoms with E-state index in [2.05, 4.69) is 62.9 Å². The molecule has 2 heterocycles. The molecule has 0 amide bonds. The van der Waals surface area contributed by atoms with Crippen LogP contribution in [0.3, 0.4) is 0 Å². The molecule has 0 saturated heterocycles. The summed E-state index contributed by atoms with van der Waals surface area (Å²) in [6.45, 7) is 3.35. The van der Waals surface area contributed by atoms with Gasteiger partial charge in [-0.15, -0.1) is 0 Å². The molecule has 0 fully saturated rings. The lowest BCUT2D eigenvalue weighted by molar-refractivity contribution is 0.343. The number of nitrogens with zero attached hydrogens (tertiary/aromatic N) is 1. The first kappa shape index (κ1) is 19.2. The lowest BCUT2D eigenvalue weighted by atomic mass is 9.97. The van der Waals surface area contributed by atoms with Gasteiger partial charge in [-0.2, -0.15) is 0 Å². The topological polar surface area (TPSA) is 63.9 Å². The molecule has 4 nitrogen and oxygen atoms in total. The molecule has 0 aliphatic heterocycles. The van der Waals surface area contributed by atoms with Crippen LogP contribution in [0, 0.1) is 3.57 Å². The number of rotatable bonds is 7. The Balaban J connectivity index is 1.93. The molecule has 0 radical (unpaired) electrons. The summed E-state index contributed by atoms with van der Waals surface area (Å²) in [5.41, 5.74) is 11.5. The van der Waals surface area contributed by atoms with E-state index in [0.717, 1.165) is 42.5 Å². The van der Waals surface area contributed by atoms with Gasteiger partial charge < -0.3 is 15.5 Å². The highest BCUT2D eigenvalue weighted by atomic mass is 127. The number of benzene rings is 2. The van der Waals surface area contributed by atoms with Gasteiger partial charge in [-0.25, -0.2) is 0 Å². The van der Waals surface area contributed by atoms with E-state index in [9.17, 15) is 0 Å². The highest BCUT2D eigenvalue weighted by Gasteiger charge is 2.17. The predicted molar refractivity (Wildman–Crippen MR) is 125 cm³/mol. The molecule has 4 rings (SSSR count). The Hall–Kier alpha value is -2.12. The zero-order valence-electron chi connectivity index (χ0n) is 16.0. The van der Waals surface area contributed by atoms with E-state index in [1.54, 1.807) is 0 Å². The number of nitrogens with two attached hydrogens (primary N) is 1. The van der Waals surface area contributed by atoms with Crippen LogP contribution in [0.4, 0.5) is 0 Å². The minimum atomic E-state index is 0.625. The number of hydrogen-bond acceptors (Lipinski definition) is 3. The molecular formula is C23H24IN3O. The normalized spacial score (nSPS) is 11.4. The molecule has 0 unspecified atom stereocenters. The van der Waals surface area contributed by atoms with E-state index in [4.69, 9.17) is 10.5 Å². The second-order valence-electron chi connectivity index (χ2n) is 6.86. The van der Waals surface area contributed by atoms with Crippen LogP contribution in [0.2, 0.25) is 0 Å². The monoisotopic (exact) mass is 485 g/mol. The molecule has 5 heteroatoms. The van der Waals surface area contributed by atoms with Crippen molar-refractivity contribution >= 4 is 44.4 Å². The number of aromatic amines is 1. The van der Waals surface area contributed by atoms with Gasteiger partial charge in [-0.3, -0.25) is 4.98 Å². The number of unbranched alkanes of at least 4 members (excludes halogenated alkanes) is 1. The first-order chi connectivity index (χ1) is 13.7. The SMILES string of the molecule is CCOc1ccc(-c2[nH]c3ccc(I)cc3c2CCCCN)c2cccnc12. The first-order valence-corrected chi connectivity index (χ1v) is 10.8. The zero-order valence-corrected chi connectivity index (χ0v) is 18.1. The lowest BCUT2D eigenvalue weighted by Crippen LogP contribution is -1.99. The minimum Gasteiger partial charge on any atom is -0.492 e. The number of halogens is 1. The summed E-state index contributed by atoms with van der Waals surface area (Å²) in [7, 11) is 0.